The third-order valence-corrected chi connectivity index (χ3v) is 5.75. The Morgan fingerprint density at radius 3 is 2.38 bits per heavy atom. The van der Waals surface area contributed by atoms with E-state index < -0.39 is 0 Å². The van der Waals surface area contributed by atoms with E-state index >= 15 is 0 Å². The first-order valence-corrected chi connectivity index (χ1v) is 10.7. The number of hydrogen-bond acceptors (Lipinski definition) is 3. The minimum atomic E-state index is 0.00429. The van der Waals surface area contributed by atoms with Gasteiger partial charge in [0.2, 0.25) is 11.8 Å². The van der Waals surface area contributed by atoms with Gasteiger partial charge in [-0.05, 0) is 62.6 Å². The Hall–Kier alpha value is -2.56. The van der Waals surface area contributed by atoms with Crippen molar-refractivity contribution in [2.24, 2.45) is 11.8 Å². The maximum Gasteiger partial charge on any atom is 0.242 e. The highest BCUT2D eigenvalue weighted by Crippen LogP contribution is 2.34. The third kappa shape index (κ3) is 5.72. The molecule has 0 saturated heterocycles. The Balaban J connectivity index is 1.43. The number of benzene rings is 1. The largest absolute Gasteiger partial charge is 0.464 e. The number of amides is 2. The number of aryl methyl sites for hydroxylation is 1. The maximum atomic E-state index is 13.2. The molecule has 2 fully saturated rings. The van der Waals surface area contributed by atoms with Crippen LogP contribution in [0.5, 0.6) is 0 Å². The number of carbonyl (C=O) groups excluding carboxylic acids is 2. The molecule has 0 aliphatic heterocycles. The van der Waals surface area contributed by atoms with E-state index in [2.05, 4.69) is 12.1 Å². The molecule has 2 aromatic rings. The van der Waals surface area contributed by atoms with E-state index in [0.717, 1.165) is 37.3 Å². The highest BCUT2D eigenvalue weighted by atomic mass is 16.3. The molecule has 2 aliphatic rings. The van der Waals surface area contributed by atoms with Crippen LogP contribution in [0.3, 0.4) is 0 Å². The van der Waals surface area contributed by atoms with Crippen LogP contribution in [0.4, 0.5) is 0 Å². The van der Waals surface area contributed by atoms with E-state index in [4.69, 9.17) is 4.42 Å². The number of hydrogen-bond donors (Lipinski definition) is 0. The minimum absolute atomic E-state index is 0.00429. The average molecular weight is 395 g/mol. The lowest BCUT2D eigenvalue weighted by molar-refractivity contribution is -0.142. The van der Waals surface area contributed by atoms with Gasteiger partial charge in [0.15, 0.2) is 0 Å². The molecule has 1 aromatic heterocycles. The van der Waals surface area contributed by atoms with Gasteiger partial charge < -0.3 is 14.2 Å². The summed E-state index contributed by atoms with van der Waals surface area (Å²) in [5, 5.41) is 0. The molecule has 2 saturated carbocycles. The molecule has 0 radical (unpaired) electrons. The predicted molar refractivity (Wildman–Crippen MR) is 111 cm³/mol. The summed E-state index contributed by atoms with van der Waals surface area (Å²) in [5.74, 6) is 2.52. The monoisotopic (exact) mass is 394 g/mol. The molecular formula is C24H30N2O3. The van der Waals surface area contributed by atoms with Gasteiger partial charge in [0.05, 0.1) is 13.1 Å². The molecule has 1 heterocycles. The molecule has 154 valence electrons. The van der Waals surface area contributed by atoms with Gasteiger partial charge in [-0.1, -0.05) is 30.3 Å². The van der Waals surface area contributed by atoms with Crippen molar-refractivity contribution < 1.29 is 14.0 Å². The van der Waals surface area contributed by atoms with Crippen LogP contribution in [0.1, 0.15) is 42.8 Å². The first-order valence-electron chi connectivity index (χ1n) is 10.7. The van der Waals surface area contributed by atoms with Crippen molar-refractivity contribution in [2.75, 3.05) is 19.6 Å². The Labute approximate surface area is 172 Å². The molecule has 0 bridgehead atoms. The lowest BCUT2D eigenvalue weighted by Gasteiger charge is -2.27. The van der Waals surface area contributed by atoms with Gasteiger partial charge in [-0.3, -0.25) is 9.59 Å². The van der Waals surface area contributed by atoms with Crippen LogP contribution in [0, 0.1) is 18.8 Å². The van der Waals surface area contributed by atoms with Crippen LogP contribution < -0.4 is 0 Å². The summed E-state index contributed by atoms with van der Waals surface area (Å²) >= 11 is 0. The van der Waals surface area contributed by atoms with Gasteiger partial charge in [0.25, 0.3) is 0 Å². The van der Waals surface area contributed by atoms with Crippen molar-refractivity contribution in [3.63, 3.8) is 0 Å². The lowest BCUT2D eigenvalue weighted by Crippen LogP contribution is -2.44. The number of rotatable bonds is 10. The molecule has 0 unspecified atom stereocenters. The predicted octanol–water partition coefficient (Wildman–Crippen LogP) is 3.81. The standard InChI is InChI=1S/C24H30N2O3/c1-18-7-12-22(29-18)16-25(14-13-19-5-3-2-4-6-19)23(27)17-26(15-20-8-9-20)24(28)21-10-11-21/h2-7,12,20-21H,8-11,13-17H2,1H3. The first-order chi connectivity index (χ1) is 14.1. The molecule has 29 heavy (non-hydrogen) atoms. The fourth-order valence-corrected chi connectivity index (χ4v) is 3.66. The Bertz CT molecular complexity index is 837. The number of furan rings is 1. The van der Waals surface area contributed by atoms with Crippen molar-refractivity contribution in [2.45, 2.75) is 45.6 Å². The van der Waals surface area contributed by atoms with Crippen molar-refractivity contribution in [1.82, 2.24) is 9.80 Å². The smallest absolute Gasteiger partial charge is 0.242 e. The quantitative estimate of drug-likeness (QED) is 0.616. The Morgan fingerprint density at radius 2 is 1.76 bits per heavy atom. The zero-order valence-corrected chi connectivity index (χ0v) is 17.2. The van der Waals surface area contributed by atoms with Gasteiger partial charge in [0, 0.05) is 19.0 Å². The Kier molecular flexibility index (Phi) is 6.02. The van der Waals surface area contributed by atoms with Gasteiger partial charge >= 0.3 is 0 Å². The lowest BCUT2D eigenvalue weighted by atomic mass is 10.1. The summed E-state index contributed by atoms with van der Waals surface area (Å²) in [7, 11) is 0. The molecule has 5 nitrogen and oxygen atoms in total. The molecule has 0 N–H and O–H groups in total. The van der Waals surface area contributed by atoms with Crippen LogP contribution in [0.25, 0.3) is 0 Å². The van der Waals surface area contributed by atoms with Crippen molar-refractivity contribution in [1.29, 1.82) is 0 Å². The highest BCUT2D eigenvalue weighted by Gasteiger charge is 2.37. The van der Waals surface area contributed by atoms with Gasteiger partial charge in [-0.2, -0.15) is 0 Å². The second-order valence-electron chi connectivity index (χ2n) is 8.50. The Morgan fingerprint density at radius 1 is 1.00 bits per heavy atom. The van der Waals surface area contributed by atoms with Gasteiger partial charge in [-0.15, -0.1) is 0 Å². The molecule has 0 spiro atoms. The summed E-state index contributed by atoms with van der Waals surface area (Å²) in [6.07, 6.45) is 5.07. The molecule has 2 aliphatic carbocycles. The SMILES string of the molecule is Cc1ccc(CN(CCc2ccccc2)C(=O)CN(CC2CC2)C(=O)C2CC2)o1. The summed E-state index contributed by atoms with van der Waals surface area (Å²) in [6, 6.07) is 14.0. The average Bonchev–Trinajstić information content (AvgIpc) is 3.64. The summed E-state index contributed by atoms with van der Waals surface area (Å²) in [6.45, 7) is 3.87. The number of nitrogens with zero attached hydrogens (tertiary/aromatic N) is 2. The van der Waals surface area contributed by atoms with Gasteiger partial charge in [-0.25, -0.2) is 0 Å². The van der Waals surface area contributed by atoms with Crippen molar-refractivity contribution >= 4 is 11.8 Å². The van der Waals surface area contributed by atoms with E-state index in [0.29, 0.717) is 19.0 Å². The van der Waals surface area contributed by atoms with E-state index in [9.17, 15) is 9.59 Å². The van der Waals surface area contributed by atoms with Crippen LogP contribution in [-0.2, 0) is 22.6 Å². The second kappa shape index (κ2) is 8.85. The summed E-state index contributed by atoms with van der Waals surface area (Å²) < 4.78 is 5.72. The zero-order chi connectivity index (χ0) is 20.2. The molecule has 4 rings (SSSR count). The fourth-order valence-electron chi connectivity index (χ4n) is 3.66. The normalized spacial score (nSPS) is 15.9. The summed E-state index contributed by atoms with van der Waals surface area (Å²) in [5.41, 5.74) is 1.20. The number of carbonyl (C=O) groups is 2. The topological polar surface area (TPSA) is 53.8 Å². The van der Waals surface area contributed by atoms with E-state index in [1.807, 2.05) is 47.1 Å². The van der Waals surface area contributed by atoms with E-state index in [1.165, 1.54) is 18.4 Å². The molecule has 0 atom stereocenters. The first kappa shape index (κ1) is 19.7. The van der Waals surface area contributed by atoms with E-state index in [1.54, 1.807) is 0 Å². The minimum Gasteiger partial charge on any atom is -0.464 e. The highest BCUT2D eigenvalue weighted by molar-refractivity contribution is 5.87. The molecule has 5 heteroatoms. The van der Waals surface area contributed by atoms with Crippen molar-refractivity contribution in [3.05, 3.63) is 59.5 Å². The third-order valence-electron chi connectivity index (χ3n) is 5.75. The zero-order valence-electron chi connectivity index (χ0n) is 17.2. The maximum absolute atomic E-state index is 13.2. The van der Waals surface area contributed by atoms with Crippen LogP contribution >= 0.6 is 0 Å². The molecular weight excluding hydrogens is 364 g/mol. The van der Waals surface area contributed by atoms with Gasteiger partial charge in [0.1, 0.15) is 11.5 Å². The molecule has 2 amide bonds. The van der Waals surface area contributed by atoms with E-state index in [-0.39, 0.29) is 24.3 Å². The van der Waals surface area contributed by atoms with Crippen LogP contribution in [0.15, 0.2) is 46.9 Å². The van der Waals surface area contributed by atoms with Crippen LogP contribution in [-0.4, -0.2) is 41.2 Å². The van der Waals surface area contributed by atoms with Crippen molar-refractivity contribution in [3.8, 4) is 0 Å². The fraction of sp³-hybridized carbons (Fsp3) is 0.500. The molecule has 1 aromatic carbocycles. The summed E-state index contributed by atoms with van der Waals surface area (Å²) in [4.78, 5) is 29.6. The second-order valence-corrected chi connectivity index (χ2v) is 8.50. The van der Waals surface area contributed by atoms with Crippen LogP contribution in [0.2, 0.25) is 0 Å².